The van der Waals surface area contributed by atoms with E-state index in [2.05, 4.69) is 5.32 Å². The lowest BCUT2D eigenvalue weighted by Gasteiger charge is -2.13. The molecule has 28 heavy (non-hydrogen) atoms. The predicted molar refractivity (Wildman–Crippen MR) is 106 cm³/mol. The fourth-order valence-electron chi connectivity index (χ4n) is 2.40. The molecule has 1 aromatic heterocycles. The van der Waals surface area contributed by atoms with E-state index in [1.54, 1.807) is 42.5 Å². The molecular weight excluding hydrogens is 382 g/mol. The van der Waals surface area contributed by atoms with Crippen molar-refractivity contribution in [1.82, 2.24) is 0 Å². The largest absolute Gasteiger partial charge is 0.491 e. The second-order valence-electron chi connectivity index (χ2n) is 6.03. The number of aliphatic hydroxyl groups excluding tert-OH is 1. The molecule has 0 aliphatic carbocycles. The van der Waals surface area contributed by atoms with Crippen molar-refractivity contribution in [3.05, 3.63) is 83.3 Å². The van der Waals surface area contributed by atoms with Crippen LogP contribution in [0.3, 0.4) is 0 Å². The normalized spacial score (nSPS) is 11.8. The molecule has 0 fully saturated rings. The van der Waals surface area contributed by atoms with Gasteiger partial charge < -0.3 is 24.3 Å². The highest BCUT2D eigenvalue weighted by Gasteiger charge is 2.10. The number of hydrogen-bond donors (Lipinski definition) is 2. The predicted octanol–water partition coefficient (Wildman–Crippen LogP) is 4.14. The zero-order chi connectivity index (χ0) is 19.8. The van der Waals surface area contributed by atoms with E-state index < -0.39 is 6.10 Å². The highest BCUT2D eigenvalue weighted by Crippen LogP contribution is 2.18. The van der Waals surface area contributed by atoms with Gasteiger partial charge >= 0.3 is 0 Å². The summed E-state index contributed by atoms with van der Waals surface area (Å²) in [7, 11) is 0. The van der Waals surface area contributed by atoms with Crippen molar-refractivity contribution < 1.29 is 23.8 Å². The molecule has 1 heterocycles. The number of hydrogen-bond acceptors (Lipinski definition) is 5. The van der Waals surface area contributed by atoms with Gasteiger partial charge in [-0.2, -0.15) is 0 Å². The van der Waals surface area contributed by atoms with E-state index in [1.165, 1.54) is 6.26 Å². The first kappa shape index (κ1) is 19.9. The van der Waals surface area contributed by atoms with Crippen LogP contribution < -0.4 is 10.1 Å². The summed E-state index contributed by atoms with van der Waals surface area (Å²) in [5, 5.41) is 13.3. The lowest BCUT2D eigenvalue weighted by atomic mass is 10.2. The second-order valence-corrected chi connectivity index (χ2v) is 6.43. The monoisotopic (exact) mass is 401 g/mol. The van der Waals surface area contributed by atoms with Crippen LogP contribution in [0, 0.1) is 0 Å². The van der Waals surface area contributed by atoms with Gasteiger partial charge in [0.1, 0.15) is 18.5 Å². The van der Waals surface area contributed by atoms with Gasteiger partial charge in [0.25, 0.3) is 5.91 Å². The Morgan fingerprint density at radius 3 is 2.57 bits per heavy atom. The number of ether oxygens (including phenoxy) is 2. The van der Waals surface area contributed by atoms with E-state index in [-0.39, 0.29) is 24.9 Å². The maximum atomic E-state index is 11.9. The van der Waals surface area contributed by atoms with Crippen molar-refractivity contribution >= 4 is 23.2 Å². The highest BCUT2D eigenvalue weighted by atomic mass is 35.5. The zero-order valence-electron chi connectivity index (χ0n) is 15.0. The maximum Gasteiger partial charge on any atom is 0.291 e. The summed E-state index contributed by atoms with van der Waals surface area (Å²) in [4.78, 5) is 11.9. The number of halogens is 1. The number of furan rings is 1. The average Bonchev–Trinajstić information content (AvgIpc) is 3.24. The number of carbonyl (C=O) groups excluding carboxylic acids is 1. The summed E-state index contributed by atoms with van der Waals surface area (Å²) in [6.07, 6.45) is 0.663. The quantitative estimate of drug-likeness (QED) is 0.563. The van der Waals surface area contributed by atoms with E-state index in [9.17, 15) is 9.90 Å². The number of benzene rings is 2. The number of carbonyl (C=O) groups is 1. The van der Waals surface area contributed by atoms with E-state index in [0.29, 0.717) is 23.1 Å². The average molecular weight is 402 g/mol. The van der Waals surface area contributed by atoms with E-state index in [1.807, 2.05) is 18.2 Å². The zero-order valence-corrected chi connectivity index (χ0v) is 15.8. The summed E-state index contributed by atoms with van der Waals surface area (Å²) < 4.78 is 16.1. The van der Waals surface area contributed by atoms with Crippen LogP contribution in [0.4, 0.5) is 5.69 Å². The van der Waals surface area contributed by atoms with Gasteiger partial charge in [-0.15, -0.1) is 0 Å². The summed E-state index contributed by atoms with van der Waals surface area (Å²) in [5.74, 6) is 0.478. The third-order valence-corrected chi connectivity index (χ3v) is 4.19. The Kier molecular flexibility index (Phi) is 7.08. The van der Waals surface area contributed by atoms with E-state index in [0.717, 1.165) is 5.56 Å². The van der Waals surface area contributed by atoms with Crippen LogP contribution in [0.2, 0.25) is 5.02 Å². The van der Waals surface area contributed by atoms with Gasteiger partial charge in [0.15, 0.2) is 5.76 Å². The van der Waals surface area contributed by atoms with Crippen LogP contribution in [0.25, 0.3) is 0 Å². The third kappa shape index (κ3) is 5.85. The summed E-state index contributed by atoms with van der Waals surface area (Å²) in [6.45, 7) is 0.532. The molecule has 3 rings (SSSR count). The first-order valence-corrected chi connectivity index (χ1v) is 9.06. The first-order chi connectivity index (χ1) is 13.6. The van der Waals surface area contributed by atoms with Crippen molar-refractivity contribution in [3.8, 4) is 5.75 Å². The molecule has 0 unspecified atom stereocenters. The molecular formula is C21H20ClNO5. The Morgan fingerprint density at radius 1 is 1.07 bits per heavy atom. The van der Waals surface area contributed by atoms with Crippen LogP contribution in [0.1, 0.15) is 16.1 Å². The molecule has 0 aliphatic heterocycles. The van der Waals surface area contributed by atoms with Gasteiger partial charge in [0, 0.05) is 10.7 Å². The Morgan fingerprint density at radius 2 is 1.86 bits per heavy atom. The number of amides is 1. The molecule has 0 saturated carbocycles. The Labute approximate surface area is 167 Å². The molecule has 7 heteroatoms. The fraction of sp³-hybridized carbons (Fsp3) is 0.190. The minimum Gasteiger partial charge on any atom is -0.491 e. The van der Waals surface area contributed by atoms with Gasteiger partial charge in [0.05, 0.1) is 19.5 Å². The van der Waals surface area contributed by atoms with Crippen molar-refractivity contribution in [2.45, 2.75) is 12.7 Å². The molecule has 2 N–H and O–H groups in total. The summed E-state index contributed by atoms with van der Waals surface area (Å²) >= 11 is 6.06. The number of nitrogens with one attached hydrogen (secondary N) is 1. The molecule has 6 nitrogen and oxygen atoms in total. The molecule has 0 saturated heterocycles. The molecule has 1 atom stereocenters. The molecule has 0 spiro atoms. The smallest absolute Gasteiger partial charge is 0.291 e. The minimum absolute atomic E-state index is 0.0840. The van der Waals surface area contributed by atoms with Crippen LogP contribution in [0.15, 0.2) is 71.3 Å². The Hall–Kier alpha value is -2.80. The van der Waals surface area contributed by atoms with Gasteiger partial charge in [-0.25, -0.2) is 0 Å². The van der Waals surface area contributed by atoms with Crippen molar-refractivity contribution in [1.29, 1.82) is 0 Å². The van der Waals surface area contributed by atoms with Gasteiger partial charge in [0.2, 0.25) is 0 Å². The summed E-state index contributed by atoms with van der Waals surface area (Å²) in [5.41, 5.74) is 1.47. The Balaban J connectivity index is 1.39. The van der Waals surface area contributed by atoms with Crippen LogP contribution in [-0.2, 0) is 11.3 Å². The SMILES string of the molecule is O=C(Nc1ccc(OC[C@@H](O)COCc2ccccc2Cl)cc1)c1ccco1. The summed E-state index contributed by atoms with van der Waals surface area (Å²) in [6, 6.07) is 17.4. The standard InChI is InChI=1S/C21H20ClNO5/c22-19-5-2-1-4-15(19)12-26-13-17(24)14-28-18-9-7-16(8-10-18)23-21(25)20-6-3-11-27-20/h1-11,17,24H,12-14H2,(H,23,25)/t17-/m0/s1. The van der Waals surface area contributed by atoms with Crippen molar-refractivity contribution in [2.75, 3.05) is 18.5 Å². The molecule has 2 aromatic carbocycles. The number of rotatable bonds is 9. The Bertz CT molecular complexity index is 880. The van der Waals surface area contributed by atoms with Crippen LogP contribution in [0.5, 0.6) is 5.75 Å². The van der Waals surface area contributed by atoms with E-state index in [4.69, 9.17) is 25.5 Å². The maximum absolute atomic E-state index is 11.9. The molecule has 146 valence electrons. The third-order valence-electron chi connectivity index (χ3n) is 3.83. The van der Waals surface area contributed by atoms with E-state index >= 15 is 0 Å². The topological polar surface area (TPSA) is 80.9 Å². The van der Waals surface area contributed by atoms with Crippen molar-refractivity contribution in [2.24, 2.45) is 0 Å². The van der Waals surface area contributed by atoms with Gasteiger partial charge in [-0.05, 0) is 48.0 Å². The van der Waals surface area contributed by atoms with Gasteiger partial charge in [-0.3, -0.25) is 4.79 Å². The lowest BCUT2D eigenvalue weighted by molar-refractivity contribution is 0.00551. The van der Waals surface area contributed by atoms with Crippen LogP contribution in [-0.4, -0.2) is 30.3 Å². The minimum atomic E-state index is -0.777. The molecule has 1 amide bonds. The lowest BCUT2D eigenvalue weighted by Crippen LogP contribution is -2.23. The second kappa shape index (κ2) is 9.94. The number of aliphatic hydroxyl groups is 1. The molecule has 0 bridgehead atoms. The molecule has 0 aliphatic rings. The van der Waals surface area contributed by atoms with Crippen LogP contribution >= 0.6 is 11.6 Å². The number of anilines is 1. The highest BCUT2D eigenvalue weighted by molar-refractivity contribution is 6.31. The van der Waals surface area contributed by atoms with Crippen molar-refractivity contribution in [3.63, 3.8) is 0 Å². The first-order valence-electron chi connectivity index (χ1n) is 8.69. The molecule has 0 radical (unpaired) electrons. The molecule has 3 aromatic rings. The van der Waals surface area contributed by atoms with Gasteiger partial charge in [-0.1, -0.05) is 29.8 Å². The fourth-order valence-corrected chi connectivity index (χ4v) is 2.59.